The van der Waals surface area contributed by atoms with Gasteiger partial charge >= 0.3 is 5.97 Å². The fourth-order valence-corrected chi connectivity index (χ4v) is 9.68. The smallest absolute Gasteiger partial charge is 0.311 e. The van der Waals surface area contributed by atoms with Crippen LogP contribution in [0.3, 0.4) is 0 Å². The Kier molecular flexibility index (Phi) is 14.5. The van der Waals surface area contributed by atoms with Gasteiger partial charge in [0.2, 0.25) is 0 Å². The van der Waals surface area contributed by atoms with E-state index in [4.69, 9.17) is 46.9 Å². The van der Waals surface area contributed by atoms with Crippen molar-refractivity contribution in [2.24, 2.45) is 17.8 Å². The number of amides is 1. The molecule has 56 heavy (non-hydrogen) atoms. The third-order valence-electron chi connectivity index (χ3n) is 12.6. The standard InChI is InChI=1S/C40H64Cl2N4O10/c1-11-29-39(8,51)33(48)25(6)44-18-21(2)17-38(7)34(54-37-31(47)28(45(9)10)16-22(3)52-37)23(4)32(24(5)36(50)53-29)55-40(56-38)12-14-46(15-13-40)35(49)26-19-43-20-27(41)30(26)42/h19-25,28-29,31-34,37,44,47-48,51H,11-18H2,1-10H3/t21-,22-,23+,24-,25-,28+,29-,31-,32+,33-,34-,37+,38-,39-/m1/s1. The van der Waals surface area contributed by atoms with Crippen LogP contribution in [-0.4, -0.2) is 148 Å². The van der Waals surface area contributed by atoms with Crippen molar-refractivity contribution in [2.75, 3.05) is 33.7 Å². The number of aliphatic hydroxyl groups is 3. The van der Waals surface area contributed by atoms with Gasteiger partial charge in [-0.25, -0.2) is 0 Å². The molecule has 16 heteroatoms. The van der Waals surface area contributed by atoms with Gasteiger partial charge in [0.1, 0.15) is 23.9 Å². The number of hydrogen-bond acceptors (Lipinski definition) is 13. The Morgan fingerprint density at radius 3 is 2.39 bits per heavy atom. The molecule has 14 nitrogen and oxygen atoms in total. The van der Waals surface area contributed by atoms with Crippen molar-refractivity contribution in [1.82, 2.24) is 20.1 Å². The van der Waals surface area contributed by atoms with E-state index in [2.05, 4.69) is 17.2 Å². The van der Waals surface area contributed by atoms with Gasteiger partial charge in [0.15, 0.2) is 12.1 Å². The van der Waals surface area contributed by atoms with Crippen LogP contribution in [0.25, 0.3) is 0 Å². The van der Waals surface area contributed by atoms with Gasteiger partial charge in [-0.15, -0.1) is 0 Å². The van der Waals surface area contributed by atoms with Crippen molar-refractivity contribution >= 4 is 35.1 Å². The van der Waals surface area contributed by atoms with Crippen molar-refractivity contribution in [3.05, 3.63) is 28.0 Å². The van der Waals surface area contributed by atoms with E-state index in [0.29, 0.717) is 19.4 Å². The first-order valence-corrected chi connectivity index (χ1v) is 20.9. The highest BCUT2D eigenvalue weighted by Gasteiger charge is 2.58. The fourth-order valence-electron chi connectivity index (χ4n) is 9.34. The van der Waals surface area contributed by atoms with Gasteiger partial charge in [-0.1, -0.05) is 44.0 Å². The lowest BCUT2D eigenvalue weighted by atomic mass is 9.78. The van der Waals surface area contributed by atoms with E-state index in [9.17, 15) is 24.9 Å². The molecule has 0 radical (unpaired) electrons. The molecule has 5 rings (SSSR count). The summed E-state index contributed by atoms with van der Waals surface area (Å²) in [4.78, 5) is 35.7. The molecular formula is C40H64Cl2N4O10. The molecule has 318 valence electrons. The molecular weight excluding hydrogens is 767 g/mol. The first-order valence-electron chi connectivity index (χ1n) is 20.1. The van der Waals surface area contributed by atoms with Crippen LogP contribution in [0.1, 0.15) is 97.9 Å². The number of cyclic esters (lactones) is 1. The monoisotopic (exact) mass is 830 g/mol. The van der Waals surface area contributed by atoms with Crippen molar-refractivity contribution in [3.63, 3.8) is 0 Å². The zero-order valence-electron chi connectivity index (χ0n) is 34.5. The number of aliphatic hydroxyl groups excluding tert-OH is 2. The van der Waals surface area contributed by atoms with Gasteiger partial charge in [0.25, 0.3) is 5.91 Å². The Bertz CT molecular complexity index is 1530. The summed E-state index contributed by atoms with van der Waals surface area (Å²) in [5.41, 5.74) is -2.67. The molecule has 4 N–H and O–H groups in total. The number of rotatable bonds is 5. The van der Waals surface area contributed by atoms with Crippen LogP contribution in [0.2, 0.25) is 10.0 Å². The average Bonchev–Trinajstić information content (AvgIpc) is 3.22. The maximum atomic E-state index is 14.3. The molecule has 0 saturated carbocycles. The lowest BCUT2D eigenvalue weighted by Gasteiger charge is -2.49. The van der Waals surface area contributed by atoms with Crippen molar-refractivity contribution < 1.29 is 48.6 Å². The highest BCUT2D eigenvalue weighted by molar-refractivity contribution is 6.43. The number of carbonyl (C=O) groups is 2. The maximum Gasteiger partial charge on any atom is 0.311 e. The number of piperidine rings is 1. The number of halogens is 2. The number of hydrogen-bond donors (Lipinski definition) is 4. The topological polar surface area (TPSA) is 172 Å². The quantitative estimate of drug-likeness (QED) is 0.314. The number of carbonyl (C=O) groups excluding carboxylic acids is 2. The summed E-state index contributed by atoms with van der Waals surface area (Å²) in [6.45, 7) is 15.7. The number of ether oxygens (including phenoxy) is 5. The second-order valence-electron chi connectivity index (χ2n) is 17.5. The van der Waals surface area contributed by atoms with Crippen LogP contribution in [0.5, 0.6) is 0 Å². The molecule has 0 aromatic carbocycles. The van der Waals surface area contributed by atoms with E-state index in [1.807, 2.05) is 39.8 Å². The normalized spacial score (nSPS) is 41.5. The average molecular weight is 832 g/mol. The number of fused-ring (bicyclic) bond motifs is 3. The van der Waals surface area contributed by atoms with Crippen LogP contribution in [0.15, 0.2) is 12.4 Å². The molecule has 2 bridgehead atoms. The maximum absolute atomic E-state index is 14.3. The number of likely N-dealkylation sites (tertiary alicyclic amines) is 1. The van der Waals surface area contributed by atoms with E-state index < -0.39 is 77.6 Å². The Morgan fingerprint density at radius 1 is 1.11 bits per heavy atom. The van der Waals surface area contributed by atoms with Gasteiger partial charge in [-0.3, -0.25) is 14.6 Å². The number of nitrogens with one attached hydrogen (secondary N) is 1. The first-order chi connectivity index (χ1) is 26.1. The molecule has 4 aliphatic heterocycles. The zero-order chi connectivity index (χ0) is 41.5. The SMILES string of the molecule is CC[C@H]1OC(=O)[C@H](C)[C@H]2OC3(CCN(C(=O)c4cncc(Cl)c4Cl)CC3)O[C@](C)(C[C@@H](C)CN[C@H](C)[C@@H](O)[C@]1(C)O)[C@H](O[C@@H]1O[C@H](C)C[C@H](N(C)C)[C@H]1O)[C@H]2C. The molecule has 4 aliphatic rings. The molecule has 1 aromatic rings. The molecule has 0 unspecified atom stereocenters. The van der Waals surface area contributed by atoms with Gasteiger partial charge in [0, 0.05) is 56.3 Å². The minimum atomic E-state index is -1.77. The van der Waals surface area contributed by atoms with Crippen molar-refractivity contribution in [3.8, 4) is 0 Å². The van der Waals surface area contributed by atoms with Crippen molar-refractivity contribution in [1.29, 1.82) is 0 Å². The zero-order valence-corrected chi connectivity index (χ0v) is 36.0. The Balaban J connectivity index is 1.58. The lowest BCUT2D eigenvalue weighted by Crippen LogP contribution is -2.60. The van der Waals surface area contributed by atoms with Gasteiger partial charge < -0.3 is 54.1 Å². The molecule has 1 aromatic heterocycles. The number of likely N-dealkylation sites (N-methyl/N-ethyl adjacent to an activating group) is 1. The molecule has 14 atom stereocenters. The first kappa shape index (κ1) is 45.4. The molecule has 0 aliphatic carbocycles. The second kappa shape index (κ2) is 17.9. The molecule has 4 saturated heterocycles. The second-order valence-corrected chi connectivity index (χ2v) is 18.3. The third-order valence-corrected chi connectivity index (χ3v) is 13.4. The predicted octanol–water partition coefficient (Wildman–Crippen LogP) is 4.03. The summed E-state index contributed by atoms with van der Waals surface area (Å²) < 4.78 is 33.8. The van der Waals surface area contributed by atoms with E-state index in [1.54, 1.807) is 25.7 Å². The van der Waals surface area contributed by atoms with Gasteiger partial charge in [-0.2, -0.15) is 0 Å². The minimum Gasteiger partial charge on any atom is -0.459 e. The number of aromatic nitrogens is 1. The highest BCUT2D eigenvalue weighted by Crippen LogP contribution is 2.48. The van der Waals surface area contributed by atoms with Crippen LogP contribution >= 0.6 is 23.2 Å². The van der Waals surface area contributed by atoms with Gasteiger partial charge in [0.05, 0.1) is 45.4 Å². The molecule has 5 heterocycles. The van der Waals surface area contributed by atoms with Gasteiger partial charge in [-0.05, 0) is 80.4 Å². The molecule has 1 amide bonds. The lowest BCUT2D eigenvalue weighted by molar-refractivity contribution is -0.331. The van der Waals surface area contributed by atoms with Crippen molar-refractivity contribution in [2.45, 2.75) is 159 Å². The predicted molar refractivity (Wildman–Crippen MR) is 210 cm³/mol. The number of esters is 1. The summed E-state index contributed by atoms with van der Waals surface area (Å²) >= 11 is 12.6. The largest absolute Gasteiger partial charge is 0.459 e. The summed E-state index contributed by atoms with van der Waals surface area (Å²) in [6, 6.07) is -0.790. The third kappa shape index (κ3) is 9.36. The highest BCUT2D eigenvalue weighted by atomic mass is 35.5. The Labute approximate surface area is 341 Å². The molecule has 4 fully saturated rings. The number of nitrogens with zero attached hydrogens (tertiary/aromatic N) is 3. The van der Waals surface area contributed by atoms with Crippen LogP contribution in [-0.2, 0) is 28.5 Å². The van der Waals surface area contributed by atoms with E-state index in [-0.39, 0.29) is 71.9 Å². The molecule has 1 spiro atoms. The number of pyridine rings is 1. The van der Waals surface area contributed by atoms with Crippen LogP contribution in [0, 0.1) is 17.8 Å². The van der Waals surface area contributed by atoms with Crippen LogP contribution in [0.4, 0.5) is 0 Å². The fraction of sp³-hybridized carbons (Fsp3) is 0.825. The summed E-state index contributed by atoms with van der Waals surface area (Å²) in [5, 5.41) is 38.4. The van der Waals surface area contributed by atoms with Crippen LogP contribution < -0.4 is 5.32 Å². The van der Waals surface area contributed by atoms with E-state index in [0.717, 1.165) is 0 Å². The Morgan fingerprint density at radius 2 is 1.77 bits per heavy atom. The summed E-state index contributed by atoms with van der Waals surface area (Å²) in [6.07, 6.45) is -1.53. The minimum absolute atomic E-state index is 0.0707. The Hall–Kier alpha value is -1.69. The summed E-state index contributed by atoms with van der Waals surface area (Å²) in [7, 11) is 3.83. The summed E-state index contributed by atoms with van der Waals surface area (Å²) in [5.74, 6) is -3.72. The van der Waals surface area contributed by atoms with E-state index in [1.165, 1.54) is 19.3 Å². The van der Waals surface area contributed by atoms with E-state index >= 15 is 0 Å².